The van der Waals surface area contributed by atoms with Crippen LogP contribution in [-0.4, -0.2) is 0 Å². The predicted molar refractivity (Wildman–Crippen MR) is 244 cm³/mol. The molecule has 0 atom stereocenters. The van der Waals surface area contributed by atoms with Gasteiger partial charge in [-0.3, -0.25) is 0 Å². The van der Waals surface area contributed by atoms with Crippen molar-refractivity contribution in [1.29, 1.82) is 0 Å². The Kier molecular flexibility index (Phi) is 6.96. The maximum Gasteiger partial charge on any atom is 0.123 e. The second-order valence-corrected chi connectivity index (χ2v) is 18.0. The summed E-state index contributed by atoms with van der Waals surface area (Å²) in [6.45, 7) is 0. The summed E-state index contributed by atoms with van der Waals surface area (Å²) in [5, 5.41) is 7.44. The molecular weight excluding hydrogens is 716 g/mol. The zero-order valence-corrected chi connectivity index (χ0v) is 32.9. The molecule has 0 aliphatic heterocycles. The Labute approximate surface area is 346 Å². The number of fused-ring (bicyclic) bond motifs is 6. The molecule has 0 saturated heterocycles. The quantitative estimate of drug-likeness (QED) is 0.157. The van der Waals surface area contributed by atoms with Gasteiger partial charge in [0.05, 0.1) is 1.37 Å². The molecule has 1 spiro atoms. The average Bonchev–Trinajstić information content (AvgIpc) is 3.56. The lowest BCUT2D eigenvalue weighted by atomic mass is 9.43. The standard InChI is InChI=1S/C58H43F/c59-44-25-27-53-52(34-44)46-26-24-41(33-54(46)58(53)42-29-35-28-36(31-42)32-43(58)30-35)45-18-8-12-39-13-9-19-51(55(39)45)57-49-16-6-4-14-47(49)56(48-15-5-7-17-50(48)57)40-22-20-38(21-23-40)37-10-2-1-3-11-37/h1-27,33-36,42-43H,28-32H2/i1D. The third-order valence-electron chi connectivity index (χ3n) is 15.3. The fourth-order valence-corrected chi connectivity index (χ4v) is 13.3. The van der Waals surface area contributed by atoms with Crippen LogP contribution in [0.5, 0.6) is 0 Å². The van der Waals surface area contributed by atoms with Gasteiger partial charge in [-0.25, -0.2) is 4.39 Å². The number of hydrogen-bond acceptors (Lipinski definition) is 0. The van der Waals surface area contributed by atoms with E-state index in [1.807, 2.05) is 30.3 Å². The van der Waals surface area contributed by atoms with Crippen molar-refractivity contribution in [3.8, 4) is 55.6 Å². The lowest BCUT2D eigenvalue weighted by molar-refractivity contribution is -0.0399. The van der Waals surface area contributed by atoms with Gasteiger partial charge in [-0.1, -0.05) is 158 Å². The van der Waals surface area contributed by atoms with Crippen molar-refractivity contribution in [2.24, 2.45) is 23.7 Å². The van der Waals surface area contributed by atoms with E-state index in [0.29, 0.717) is 17.9 Å². The molecule has 5 aliphatic carbocycles. The topological polar surface area (TPSA) is 0 Å². The molecule has 59 heavy (non-hydrogen) atoms. The van der Waals surface area contributed by atoms with Crippen molar-refractivity contribution in [3.63, 3.8) is 0 Å². The first kappa shape index (κ1) is 32.6. The van der Waals surface area contributed by atoms with E-state index in [4.69, 9.17) is 1.37 Å². The minimum absolute atomic E-state index is 0.0395. The van der Waals surface area contributed by atoms with Crippen LogP contribution in [0.1, 0.15) is 44.6 Å². The number of halogens is 1. The molecular formula is C58H43F. The second kappa shape index (κ2) is 12.6. The molecule has 1 heteroatoms. The lowest BCUT2D eigenvalue weighted by Crippen LogP contribution is -2.55. The molecule has 282 valence electrons. The van der Waals surface area contributed by atoms with Crippen molar-refractivity contribution in [3.05, 3.63) is 193 Å². The first-order valence-electron chi connectivity index (χ1n) is 22.1. The fraction of sp³-hybridized carbons (Fsp3) is 0.172. The Balaban J connectivity index is 1.02. The summed E-state index contributed by atoms with van der Waals surface area (Å²) < 4.78 is 23.1. The molecule has 0 aromatic heterocycles. The predicted octanol–water partition coefficient (Wildman–Crippen LogP) is 15.7. The monoisotopic (exact) mass is 759 g/mol. The molecule has 0 unspecified atom stereocenters. The van der Waals surface area contributed by atoms with Crippen molar-refractivity contribution >= 4 is 32.3 Å². The normalized spacial score (nSPS) is 22.6. The zero-order valence-electron chi connectivity index (χ0n) is 33.9. The molecule has 0 nitrogen and oxygen atoms in total. The minimum Gasteiger partial charge on any atom is -0.207 e. The highest BCUT2D eigenvalue weighted by Crippen LogP contribution is 2.69. The van der Waals surface area contributed by atoms with Crippen LogP contribution in [0.3, 0.4) is 0 Å². The largest absolute Gasteiger partial charge is 0.207 e. The number of rotatable bonds is 4. The molecule has 0 radical (unpaired) electrons. The highest BCUT2D eigenvalue weighted by molar-refractivity contribution is 6.24. The molecule has 0 amide bonds. The van der Waals surface area contributed by atoms with Crippen molar-refractivity contribution in [2.75, 3.05) is 0 Å². The average molecular weight is 760 g/mol. The summed E-state index contributed by atoms with van der Waals surface area (Å²) in [7, 11) is 0. The van der Waals surface area contributed by atoms with Crippen LogP contribution in [0.25, 0.3) is 88.0 Å². The van der Waals surface area contributed by atoms with Crippen LogP contribution < -0.4 is 0 Å². The summed E-state index contributed by atoms with van der Waals surface area (Å²) in [5.74, 6) is 2.78. The smallest absolute Gasteiger partial charge is 0.123 e. The van der Waals surface area contributed by atoms with Gasteiger partial charge in [-0.2, -0.15) is 0 Å². The highest BCUT2D eigenvalue weighted by atomic mass is 19.1. The van der Waals surface area contributed by atoms with E-state index >= 15 is 4.39 Å². The van der Waals surface area contributed by atoms with Gasteiger partial charge in [0.15, 0.2) is 0 Å². The van der Waals surface area contributed by atoms with E-state index in [0.717, 1.165) is 28.5 Å². The number of benzene rings is 9. The van der Waals surface area contributed by atoms with Crippen LogP contribution in [0.15, 0.2) is 176 Å². The van der Waals surface area contributed by atoms with Gasteiger partial charge in [-0.15, -0.1) is 0 Å². The second-order valence-electron chi connectivity index (χ2n) is 18.0. The Bertz CT molecular complexity index is 3140. The summed E-state index contributed by atoms with van der Waals surface area (Å²) >= 11 is 0. The first-order valence-corrected chi connectivity index (χ1v) is 21.6. The summed E-state index contributed by atoms with van der Waals surface area (Å²) in [6, 6.07) is 61.7. The molecule has 0 N–H and O–H groups in total. The maximum absolute atomic E-state index is 15.1. The maximum atomic E-state index is 15.1. The Hall–Kier alpha value is -6.31. The van der Waals surface area contributed by atoms with Crippen LogP contribution in [0.4, 0.5) is 4.39 Å². The van der Waals surface area contributed by atoms with Gasteiger partial charge in [0, 0.05) is 5.41 Å². The Morgan fingerprint density at radius 3 is 1.66 bits per heavy atom. The highest BCUT2D eigenvalue weighted by Gasteiger charge is 2.61. The molecule has 14 rings (SSSR count). The molecule has 4 saturated carbocycles. The zero-order chi connectivity index (χ0) is 39.7. The van der Waals surface area contributed by atoms with Crippen LogP contribution in [0, 0.1) is 29.5 Å². The molecule has 4 bridgehead atoms. The van der Waals surface area contributed by atoms with E-state index in [-0.39, 0.29) is 11.2 Å². The van der Waals surface area contributed by atoms with Gasteiger partial charge in [0.25, 0.3) is 0 Å². The van der Waals surface area contributed by atoms with Crippen LogP contribution in [-0.2, 0) is 5.41 Å². The number of hydrogen-bond donors (Lipinski definition) is 0. The first-order chi connectivity index (χ1) is 29.5. The van der Waals surface area contributed by atoms with Crippen LogP contribution in [0.2, 0.25) is 0 Å². The van der Waals surface area contributed by atoms with E-state index in [1.165, 1.54) is 114 Å². The van der Waals surface area contributed by atoms with Gasteiger partial charge in [-0.05, 0) is 173 Å². The minimum atomic E-state index is -0.137. The van der Waals surface area contributed by atoms with Crippen molar-refractivity contribution in [1.82, 2.24) is 0 Å². The Morgan fingerprint density at radius 2 is 1.00 bits per heavy atom. The van der Waals surface area contributed by atoms with E-state index in [1.54, 1.807) is 6.07 Å². The Morgan fingerprint density at radius 1 is 0.424 bits per heavy atom. The molecule has 9 aromatic carbocycles. The third-order valence-corrected chi connectivity index (χ3v) is 15.3. The SMILES string of the molecule is [2H]c1ccc(-c2ccc(-c3c4ccccc4c(-c4cccc5cccc(-c6ccc7c(c6)C6(c8ccc(F)cc8-7)C7CC8CC(C7)CC6C8)c45)c4ccccc34)cc2)cc1. The van der Waals surface area contributed by atoms with Gasteiger partial charge < -0.3 is 0 Å². The summed E-state index contributed by atoms with van der Waals surface area (Å²) in [6.07, 6.45) is 6.60. The molecule has 0 heterocycles. The molecule has 4 fully saturated rings. The van der Waals surface area contributed by atoms with Gasteiger partial charge in [0.2, 0.25) is 0 Å². The third kappa shape index (κ3) is 4.76. The fourth-order valence-electron chi connectivity index (χ4n) is 13.3. The summed E-state index contributed by atoms with van der Waals surface area (Å²) in [4.78, 5) is 0. The van der Waals surface area contributed by atoms with E-state index in [9.17, 15) is 0 Å². The van der Waals surface area contributed by atoms with Crippen molar-refractivity contribution in [2.45, 2.75) is 37.5 Å². The van der Waals surface area contributed by atoms with Crippen molar-refractivity contribution < 1.29 is 5.76 Å². The van der Waals surface area contributed by atoms with E-state index in [2.05, 4.69) is 133 Å². The van der Waals surface area contributed by atoms with Gasteiger partial charge >= 0.3 is 0 Å². The van der Waals surface area contributed by atoms with E-state index < -0.39 is 0 Å². The van der Waals surface area contributed by atoms with Gasteiger partial charge in [0.1, 0.15) is 5.82 Å². The molecule has 9 aromatic rings. The lowest BCUT2D eigenvalue weighted by Gasteiger charge is -2.61. The summed E-state index contributed by atoms with van der Waals surface area (Å²) in [5.41, 5.74) is 14.8. The molecule has 5 aliphatic rings. The van der Waals surface area contributed by atoms with Crippen LogP contribution >= 0.6 is 0 Å².